The first-order chi connectivity index (χ1) is 15.2. The molecule has 1 heterocycles. The minimum Gasteiger partial charge on any atom is -0.493 e. The summed E-state index contributed by atoms with van der Waals surface area (Å²) in [7, 11) is 1.61. The standard InChI is InChI=1S/C26H32O6/c1-13(2)25-19-10-17(26(28)29)20(27)9-8-16(15-6-7-15)24(19)18-11-22(30-5)23(31-14(3)4)12-21(18)32-25/h10-16,25H,6-9H2,1-5H3,(H,28,29). The Morgan fingerprint density at radius 1 is 1.12 bits per heavy atom. The average Bonchev–Trinajstić information content (AvgIpc) is 3.54. The second kappa shape index (κ2) is 8.64. The molecule has 1 aliphatic heterocycles. The van der Waals surface area contributed by atoms with E-state index < -0.39 is 5.97 Å². The normalized spacial score (nSPS) is 23.1. The van der Waals surface area contributed by atoms with Gasteiger partial charge in [-0.05, 0) is 74.2 Å². The zero-order chi connectivity index (χ0) is 23.2. The van der Waals surface area contributed by atoms with Crippen molar-refractivity contribution in [1.82, 2.24) is 0 Å². The van der Waals surface area contributed by atoms with Crippen molar-refractivity contribution in [3.63, 3.8) is 0 Å². The van der Waals surface area contributed by atoms with Crippen LogP contribution in [0.4, 0.5) is 0 Å². The van der Waals surface area contributed by atoms with Crippen molar-refractivity contribution < 1.29 is 28.9 Å². The Morgan fingerprint density at radius 2 is 1.84 bits per heavy atom. The van der Waals surface area contributed by atoms with Crippen molar-refractivity contribution in [1.29, 1.82) is 0 Å². The molecule has 1 aromatic rings. The number of hydrogen-bond acceptors (Lipinski definition) is 5. The maximum absolute atomic E-state index is 12.7. The summed E-state index contributed by atoms with van der Waals surface area (Å²) < 4.78 is 18.1. The predicted octanol–water partition coefficient (Wildman–Crippen LogP) is 5.05. The van der Waals surface area contributed by atoms with Crippen LogP contribution in [0.2, 0.25) is 0 Å². The fraction of sp³-hybridized carbons (Fsp3) is 0.538. The number of fused-ring (bicyclic) bond motifs is 2. The van der Waals surface area contributed by atoms with E-state index in [-0.39, 0.29) is 41.8 Å². The molecule has 2 atom stereocenters. The number of Topliss-reactive ketones (excluding diaryl/α,β-unsaturated/α-hetero) is 1. The third-order valence-corrected chi connectivity index (χ3v) is 6.47. The van der Waals surface area contributed by atoms with Crippen molar-refractivity contribution in [3.05, 3.63) is 34.9 Å². The summed E-state index contributed by atoms with van der Waals surface area (Å²) in [4.78, 5) is 24.6. The van der Waals surface area contributed by atoms with Crippen molar-refractivity contribution in [2.45, 2.75) is 65.6 Å². The maximum atomic E-state index is 12.7. The smallest absolute Gasteiger partial charge is 0.339 e. The van der Waals surface area contributed by atoms with Gasteiger partial charge in [-0.3, -0.25) is 4.79 Å². The minimum atomic E-state index is -1.18. The highest BCUT2D eigenvalue weighted by atomic mass is 16.5. The van der Waals surface area contributed by atoms with E-state index in [1.165, 1.54) is 0 Å². The molecule has 0 saturated heterocycles. The number of ketones is 1. The average molecular weight is 441 g/mol. The van der Waals surface area contributed by atoms with E-state index in [1.807, 2.05) is 26.0 Å². The van der Waals surface area contributed by atoms with Gasteiger partial charge < -0.3 is 19.3 Å². The molecule has 1 saturated carbocycles. The second-order valence-electron chi connectivity index (χ2n) is 9.59. The van der Waals surface area contributed by atoms with Gasteiger partial charge in [-0.1, -0.05) is 13.8 Å². The Hall–Kier alpha value is -2.76. The summed E-state index contributed by atoms with van der Waals surface area (Å²) in [6.07, 6.45) is 4.34. The van der Waals surface area contributed by atoms with Crippen LogP contribution in [0.25, 0.3) is 5.57 Å². The molecule has 6 heteroatoms. The van der Waals surface area contributed by atoms with Crippen LogP contribution < -0.4 is 14.2 Å². The lowest BCUT2D eigenvalue weighted by Gasteiger charge is -2.37. The number of carbonyl (C=O) groups excluding carboxylic acids is 1. The Balaban J connectivity index is 1.99. The molecule has 2 aliphatic carbocycles. The van der Waals surface area contributed by atoms with Crippen LogP contribution in [0.1, 0.15) is 58.9 Å². The van der Waals surface area contributed by atoms with Crippen LogP contribution in [-0.4, -0.2) is 36.2 Å². The number of aliphatic carboxylic acids is 1. The Kier molecular flexibility index (Phi) is 6.06. The number of ether oxygens (including phenoxy) is 3. The molecular formula is C26H32O6. The SMILES string of the molecule is COc1cc2c(cc1OC(C)C)OC(C(C)C)C1=C2C(C2CC2)CCC(=O)C(C(=O)O)=C1. The minimum absolute atomic E-state index is 0.0195. The van der Waals surface area contributed by atoms with Crippen molar-refractivity contribution in [2.24, 2.45) is 17.8 Å². The van der Waals surface area contributed by atoms with Crippen molar-refractivity contribution >= 4 is 17.3 Å². The summed E-state index contributed by atoms with van der Waals surface area (Å²) in [6, 6.07) is 3.84. The Morgan fingerprint density at radius 3 is 2.41 bits per heavy atom. The topological polar surface area (TPSA) is 82.1 Å². The van der Waals surface area contributed by atoms with Crippen LogP contribution >= 0.6 is 0 Å². The number of methoxy groups -OCH3 is 1. The molecule has 1 N–H and O–H groups in total. The molecule has 0 spiro atoms. The van der Waals surface area contributed by atoms with E-state index >= 15 is 0 Å². The van der Waals surface area contributed by atoms with Crippen LogP contribution in [0, 0.1) is 17.8 Å². The molecule has 0 aromatic heterocycles. The first kappa shape index (κ1) is 22.4. The number of carbonyl (C=O) groups is 2. The number of allylic oxidation sites excluding steroid dienone is 1. The largest absolute Gasteiger partial charge is 0.493 e. The van der Waals surface area contributed by atoms with Crippen LogP contribution in [0.5, 0.6) is 17.2 Å². The first-order valence-electron chi connectivity index (χ1n) is 11.5. The summed E-state index contributed by atoms with van der Waals surface area (Å²) in [5.74, 6) is 1.26. The molecule has 4 rings (SSSR count). The van der Waals surface area contributed by atoms with Gasteiger partial charge in [0.25, 0.3) is 0 Å². The van der Waals surface area contributed by atoms with E-state index in [9.17, 15) is 14.7 Å². The molecule has 2 unspecified atom stereocenters. The van der Waals surface area contributed by atoms with Crippen LogP contribution in [-0.2, 0) is 9.59 Å². The van der Waals surface area contributed by atoms with Gasteiger partial charge in [0.1, 0.15) is 17.4 Å². The van der Waals surface area contributed by atoms with E-state index in [0.717, 1.165) is 35.3 Å². The summed E-state index contributed by atoms with van der Waals surface area (Å²) in [5.41, 5.74) is 2.68. The summed E-state index contributed by atoms with van der Waals surface area (Å²) in [6.45, 7) is 8.03. The molecule has 0 amide bonds. The van der Waals surface area contributed by atoms with Gasteiger partial charge in [-0.15, -0.1) is 0 Å². The summed E-state index contributed by atoms with van der Waals surface area (Å²) in [5, 5.41) is 9.74. The van der Waals surface area contributed by atoms with E-state index in [1.54, 1.807) is 13.2 Å². The zero-order valence-corrected chi connectivity index (χ0v) is 19.4. The van der Waals surface area contributed by atoms with Gasteiger partial charge in [-0.25, -0.2) is 4.79 Å². The highest BCUT2D eigenvalue weighted by Gasteiger charge is 2.42. The van der Waals surface area contributed by atoms with Gasteiger partial charge >= 0.3 is 5.97 Å². The van der Waals surface area contributed by atoms with E-state index in [4.69, 9.17) is 14.2 Å². The number of hydrogen-bond donors (Lipinski definition) is 1. The molecule has 6 nitrogen and oxygen atoms in total. The lowest BCUT2D eigenvalue weighted by atomic mass is 9.75. The van der Waals surface area contributed by atoms with E-state index in [2.05, 4.69) is 13.8 Å². The highest BCUT2D eigenvalue weighted by Crippen LogP contribution is 2.54. The molecule has 0 bridgehead atoms. The predicted molar refractivity (Wildman–Crippen MR) is 121 cm³/mol. The van der Waals surface area contributed by atoms with Gasteiger partial charge in [0.2, 0.25) is 0 Å². The molecule has 0 radical (unpaired) electrons. The Labute approximate surface area is 189 Å². The lowest BCUT2D eigenvalue weighted by molar-refractivity contribution is -0.134. The number of rotatable bonds is 6. The third-order valence-electron chi connectivity index (χ3n) is 6.47. The monoisotopic (exact) mass is 440 g/mol. The maximum Gasteiger partial charge on any atom is 0.339 e. The van der Waals surface area contributed by atoms with Gasteiger partial charge in [0.15, 0.2) is 17.3 Å². The fourth-order valence-electron chi connectivity index (χ4n) is 4.89. The molecule has 32 heavy (non-hydrogen) atoms. The lowest BCUT2D eigenvalue weighted by Crippen LogP contribution is -2.33. The molecule has 1 aromatic carbocycles. The summed E-state index contributed by atoms with van der Waals surface area (Å²) >= 11 is 0. The third kappa shape index (κ3) is 4.15. The fourth-order valence-corrected chi connectivity index (χ4v) is 4.89. The molecular weight excluding hydrogens is 408 g/mol. The second-order valence-corrected chi connectivity index (χ2v) is 9.59. The van der Waals surface area contributed by atoms with Crippen molar-refractivity contribution in [3.8, 4) is 17.2 Å². The van der Waals surface area contributed by atoms with Gasteiger partial charge in [-0.2, -0.15) is 0 Å². The van der Waals surface area contributed by atoms with Gasteiger partial charge in [0.05, 0.1) is 13.2 Å². The van der Waals surface area contributed by atoms with Gasteiger partial charge in [0, 0.05) is 18.1 Å². The first-order valence-corrected chi connectivity index (χ1v) is 11.5. The van der Waals surface area contributed by atoms with Crippen molar-refractivity contribution in [2.75, 3.05) is 7.11 Å². The number of carboxylic acids is 1. The number of benzene rings is 1. The van der Waals surface area contributed by atoms with Crippen LogP contribution in [0.15, 0.2) is 29.4 Å². The highest BCUT2D eigenvalue weighted by molar-refractivity contribution is 6.17. The zero-order valence-electron chi connectivity index (χ0n) is 19.4. The van der Waals surface area contributed by atoms with Crippen LogP contribution in [0.3, 0.4) is 0 Å². The molecule has 172 valence electrons. The quantitative estimate of drug-likeness (QED) is 0.623. The Bertz CT molecular complexity index is 996. The molecule has 3 aliphatic rings. The number of carboxylic acid groups (broad SMARTS) is 1. The van der Waals surface area contributed by atoms with E-state index in [0.29, 0.717) is 23.8 Å². The molecule has 1 fully saturated rings.